The van der Waals surface area contributed by atoms with Gasteiger partial charge in [0.15, 0.2) is 5.69 Å². The van der Waals surface area contributed by atoms with Gasteiger partial charge in [0.2, 0.25) is 5.75 Å². The molecule has 3 N–H and O–H groups in total. The van der Waals surface area contributed by atoms with E-state index in [9.17, 15) is 28.7 Å². The maximum absolute atomic E-state index is 13.8. The molecule has 34 heavy (non-hydrogen) atoms. The van der Waals surface area contributed by atoms with Crippen molar-refractivity contribution in [1.82, 2.24) is 25.1 Å². The molecule has 0 fully saturated rings. The maximum Gasteiger partial charge on any atom is 0.312 e. The van der Waals surface area contributed by atoms with Crippen LogP contribution in [0, 0.1) is 5.82 Å². The number of amides is 3. The molecule has 178 valence electrons. The van der Waals surface area contributed by atoms with Gasteiger partial charge in [-0.1, -0.05) is 18.2 Å². The second-order valence-electron chi connectivity index (χ2n) is 8.19. The van der Waals surface area contributed by atoms with Crippen LogP contribution < -0.4 is 16.2 Å². The zero-order chi connectivity index (χ0) is 24.4. The summed E-state index contributed by atoms with van der Waals surface area (Å²) in [7, 11) is 1.43. The molecule has 1 aromatic heterocycles. The van der Waals surface area contributed by atoms with E-state index in [1.807, 2.05) is 0 Å². The van der Waals surface area contributed by atoms with Crippen molar-refractivity contribution in [3.63, 3.8) is 0 Å². The fraction of sp³-hybridized carbons (Fsp3) is 0.348. The van der Waals surface area contributed by atoms with Gasteiger partial charge in [0, 0.05) is 26.7 Å². The summed E-state index contributed by atoms with van der Waals surface area (Å²) in [6, 6.07) is 3.25. The molecule has 1 unspecified atom stereocenters. The molecule has 3 heterocycles. The second-order valence-corrected chi connectivity index (χ2v) is 8.19. The van der Waals surface area contributed by atoms with Crippen molar-refractivity contribution in [2.45, 2.75) is 38.4 Å². The van der Waals surface area contributed by atoms with Crippen molar-refractivity contribution in [2.75, 3.05) is 13.6 Å². The zero-order valence-electron chi connectivity index (χ0n) is 18.5. The van der Waals surface area contributed by atoms with Gasteiger partial charge in [0.1, 0.15) is 11.6 Å². The van der Waals surface area contributed by atoms with Crippen LogP contribution in [0.5, 0.6) is 5.75 Å². The molecule has 1 atom stereocenters. The van der Waals surface area contributed by atoms with Crippen LogP contribution in [0.25, 0.3) is 6.08 Å². The van der Waals surface area contributed by atoms with Crippen LogP contribution in [0.2, 0.25) is 0 Å². The van der Waals surface area contributed by atoms with Crippen LogP contribution >= 0.6 is 0 Å². The molecule has 3 amide bonds. The Hall–Kier alpha value is -4.02. The molecule has 0 saturated heterocycles. The summed E-state index contributed by atoms with van der Waals surface area (Å²) in [5.41, 5.74) is -0.257. The fourth-order valence-corrected chi connectivity index (χ4v) is 4.15. The van der Waals surface area contributed by atoms with E-state index in [-0.39, 0.29) is 25.5 Å². The van der Waals surface area contributed by atoms with E-state index in [1.165, 1.54) is 34.7 Å². The first-order valence-electron chi connectivity index (χ1n) is 10.9. The molecule has 0 radical (unpaired) electrons. The van der Waals surface area contributed by atoms with E-state index in [4.69, 9.17) is 0 Å². The Morgan fingerprint density at radius 2 is 1.91 bits per heavy atom. The van der Waals surface area contributed by atoms with Crippen molar-refractivity contribution < 1.29 is 23.9 Å². The number of halogens is 1. The van der Waals surface area contributed by atoms with Gasteiger partial charge in [0.05, 0.1) is 6.04 Å². The molecule has 2 bridgehead atoms. The van der Waals surface area contributed by atoms with Gasteiger partial charge in [-0.05, 0) is 42.5 Å². The van der Waals surface area contributed by atoms with E-state index in [2.05, 4.69) is 15.6 Å². The fourth-order valence-electron chi connectivity index (χ4n) is 4.15. The van der Waals surface area contributed by atoms with Gasteiger partial charge in [-0.2, -0.15) is 0 Å². The Labute approximate surface area is 194 Å². The Balaban J connectivity index is 1.83. The molecular weight excluding hydrogens is 445 g/mol. The first-order chi connectivity index (χ1) is 16.3. The smallest absolute Gasteiger partial charge is 0.312 e. The van der Waals surface area contributed by atoms with Gasteiger partial charge < -0.3 is 20.6 Å². The number of fused-ring (bicyclic) bond motifs is 2. The normalized spacial score (nSPS) is 20.1. The Kier molecular flexibility index (Phi) is 6.44. The van der Waals surface area contributed by atoms with E-state index < -0.39 is 46.6 Å². The predicted molar refractivity (Wildman–Crippen MR) is 119 cm³/mol. The number of likely N-dealkylation sites (N-methyl/N-ethyl adjacent to an activating group) is 1. The van der Waals surface area contributed by atoms with Crippen LogP contribution in [0.3, 0.4) is 0 Å². The largest absolute Gasteiger partial charge is 0.501 e. The molecule has 10 nitrogen and oxygen atoms in total. The van der Waals surface area contributed by atoms with E-state index >= 15 is 0 Å². The average Bonchev–Trinajstić information content (AvgIpc) is 3.04. The number of carbonyl (C=O) groups is 3. The molecule has 2 aliphatic heterocycles. The van der Waals surface area contributed by atoms with Crippen LogP contribution in [0.1, 0.15) is 52.7 Å². The number of nitrogens with zero attached hydrogens (tertiary/aromatic N) is 3. The van der Waals surface area contributed by atoms with Gasteiger partial charge in [-0.15, -0.1) is 0 Å². The average molecular weight is 469 g/mol. The first kappa shape index (κ1) is 23.1. The standard InChI is InChI=1S/C23H24FN5O5/c1-28-16-6-2-3-10-29-19(16)27-17(18(30)22(29)33)20(31)26-12-14-7-8-15(24)11-13(14)5-4-9-25-21(32)23(28)34/h4-5,7-8,11,16,30H,2-3,6,9-10,12H2,1H3,(H,25,32)(H,26,31)/b5-4+. The van der Waals surface area contributed by atoms with Gasteiger partial charge in [-0.3, -0.25) is 23.7 Å². The van der Waals surface area contributed by atoms with Crippen LogP contribution in [-0.4, -0.2) is 50.9 Å². The highest BCUT2D eigenvalue weighted by molar-refractivity contribution is 6.35. The maximum atomic E-state index is 13.8. The third kappa shape index (κ3) is 4.41. The van der Waals surface area contributed by atoms with E-state index in [1.54, 1.807) is 12.2 Å². The second kappa shape index (κ2) is 9.46. The highest BCUT2D eigenvalue weighted by atomic mass is 19.1. The van der Waals surface area contributed by atoms with E-state index in [0.29, 0.717) is 30.4 Å². The molecule has 11 heteroatoms. The Bertz CT molecular complexity index is 1260. The number of carbonyl (C=O) groups excluding carboxylic acids is 3. The van der Waals surface area contributed by atoms with Gasteiger partial charge in [-0.25, -0.2) is 9.37 Å². The van der Waals surface area contributed by atoms with Gasteiger partial charge in [0.25, 0.3) is 11.5 Å². The third-order valence-electron chi connectivity index (χ3n) is 6.00. The van der Waals surface area contributed by atoms with Crippen molar-refractivity contribution >= 4 is 23.8 Å². The number of rotatable bonds is 0. The first-order valence-corrected chi connectivity index (χ1v) is 10.9. The minimum atomic E-state index is -0.853. The number of hydrogen-bond acceptors (Lipinski definition) is 6. The minimum Gasteiger partial charge on any atom is -0.501 e. The summed E-state index contributed by atoms with van der Waals surface area (Å²) in [6.07, 6.45) is 4.79. The van der Waals surface area contributed by atoms with Crippen molar-refractivity contribution in [2.24, 2.45) is 0 Å². The van der Waals surface area contributed by atoms with Gasteiger partial charge >= 0.3 is 11.8 Å². The molecular formula is C23H24FN5O5. The lowest BCUT2D eigenvalue weighted by atomic mass is 10.1. The Morgan fingerprint density at radius 3 is 2.71 bits per heavy atom. The lowest BCUT2D eigenvalue weighted by Gasteiger charge is -2.27. The summed E-state index contributed by atoms with van der Waals surface area (Å²) >= 11 is 0. The summed E-state index contributed by atoms with van der Waals surface area (Å²) in [5.74, 6) is -3.64. The number of benzene rings is 1. The molecule has 0 saturated carbocycles. The van der Waals surface area contributed by atoms with Crippen LogP contribution in [-0.2, 0) is 22.7 Å². The third-order valence-corrected chi connectivity index (χ3v) is 6.00. The molecule has 4 rings (SSSR count). The van der Waals surface area contributed by atoms with Crippen molar-refractivity contribution in [3.8, 4) is 5.75 Å². The highest BCUT2D eigenvalue weighted by Gasteiger charge is 2.33. The molecule has 2 aliphatic rings. The van der Waals surface area contributed by atoms with Crippen LogP contribution in [0.15, 0.2) is 29.1 Å². The summed E-state index contributed by atoms with van der Waals surface area (Å²) in [4.78, 5) is 56.6. The summed E-state index contributed by atoms with van der Waals surface area (Å²) < 4.78 is 15.0. The van der Waals surface area contributed by atoms with Crippen LogP contribution in [0.4, 0.5) is 4.39 Å². The Morgan fingerprint density at radius 1 is 1.12 bits per heavy atom. The minimum absolute atomic E-state index is 0.0213. The quantitative estimate of drug-likeness (QED) is 0.490. The van der Waals surface area contributed by atoms with Crippen molar-refractivity contribution in [3.05, 3.63) is 63.1 Å². The summed E-state index contributed by atoms with van der Waals surface area (Å²) in [6.45, 7) is 0.259. The monoisotopic (exact) mass is 469 g/mol. The lowest BCUT2D eigenvalue weighted by molar-refractivity contribution is -0.146. The molecule has 1 aromatic carbocycles. The molecule has 0 aliphatic carbocycles. The lowest BCUT2D eigenvalue weighted by Crippen LogP contribution is -2.44. The number of nitrogens with one attached hydrogen (secondary N) is 2. The molecule has 2 aromatic rings. The molecule has 0 spiro atoms. The van der Waals surface area contributed by atoms with Crippen molar-refractivity contribution in [1.29, 1.82) is 0 Å². The summed E-state index contributed by atoms with van der Waals surface area (Å²) in [5, 5.41) is 15.6. The highest BCUT2D eigenvalue weighted by Crippen LogP contribution is 2.28. The number of hydrogen-bond donors (Lipinski definition) is 3. The topological polar surface area (TPSA) is 134 Å². The number of aromatic nitrogens is 2. The zero-order valence-corrected chi connectivity index (χ0v) is 18.5. The SMILES string of the molecule is CN1C(=O)C(=O)NC/C=C/c2cc(F)ccc2CNC(=O)c2nc3n(c(=O)c2O)CCCCC31. The number of aromatic hydroxyl groups is 1. The van der Waals surface area contributed by atoms with E-state index in [0.717, 1.165) is 0 Å². The predicted octanol–water partition coefficient (Wildman–Crippen LogP) is 0.844.